The quantitative estimate of drug-likeness (QED) is 0.726. The molecule has 114 valence electrons. The largest absolute Gasteiger partial charge is 0.490 e. The highest BCUT2D eigenvalue weighted by atomic mass is 79.9. The third-order valence-electron chi connectivity index (χ3n) is 3.42. The van der Waals surface area contributed by atoms with Gasteiger partial charge in [-0.15, -0.1) is 0 Å². The molecule has 2 rings (SSSR count). The van der Waals surface area contributed by atoms with Crippen LogP contribution in [0.25, 0.3) is 0 Å². The van der Waals surface area contributed by atoms with Crippen molar-refractivity contribution in [2.75, 3.05) is 13.2 Å². The van der Waals surface area contributed by atoms with E-state index in [4.69, 9.17) is 14.7 Å². The molecule has 4 heteroatoms. The Kier molecular flexibility index (Phi) is 5.46. The van der Waals surface area contributed by atoms with E-state index in [1.807, 2.05) is 6.07 Å². The molecule has 22 heavy (non-hydrogen) atoms. The molecule has 2 aromatic rings. The molecule has 0 unspecified atom stereocenters. The third kappa shape index (κ3) is 4.02. The van der Waals surface area contributed by atoms with Crippen LogP contribution in [0.2, 0.25) is 0 Å². The lowest BCUT2D eigenvalue weighted by Crippen LogP contribution is -2.10. The van der Waals surface area contributed by atoms with Crippen molar-refractivity contribution >= 4 is 15.9 Å². The van der Waals surface area contributed by atoms with Crippen molar-refractivity contribution in [3.05, 3.63) is 57.1 Å². The van der Waals surface area contributed by atoms with E-state index in [1.54, 1.807) is 18.2 Å². The molecule has 3 nitrogen and oxygen atoms in total. The van der Waals surface area contributed by atoms with Crippen molar-refractivity contribution in [3.8, 4) is 17.6 Å². The lowest BCUT2D eigenvalue weighted by Gasteiger charge is -2.13. The van der Waals surface area contributed by atoms with Gasteiger partial charge in [0.05, 0.1) is 16.1 Å². The molecule has 0 aliphatic heterocycles. The molecular weight excluding hydrogens is 342 g/mol. The van der Waals surface area contributed by atoms with Crippen LogP contribution in [0.5, 0.6) is 11.5 Å². The van der Waals surface area contributed by atoms with Crippen molar-refractivity contribution in [3.63, 3.8) is 0 Å². The van der Waals surface area contributed by atoms with Gasteiger partial charge >= 0.3 is 0 Å². The molecule has 0 aliphatic rings. The van der Waals surface area contributed by atoms with Crippen LogP contribution in [-0.4, -0.2) is 13.2 Å². The summed E-state index contributed by atoms with van der Waals surface area (Å²) in [6.07, 6.45) is 0. The van der Waals surface area contributed by atoms with E-state index in [9.17, 15) is 0 Å². The molecular formula is C18H18BrNO2. The van der Waals surface area contributed by atoms with Gasteiger partial charge in [-0.1, -0.05) is 6.07 Å². The standard InChI is InChI=1S/C18H18BrNO2/c1-12-8-13(2)14(3)18(9-12)22-7-6-21-17-5-4-15(11-20)10-16(17)19/h4-5,8-10H,6-7H2,1-3H3. The smallest absolute Gasteiger partial charge is 0.133 e. The Balaban J connectivity index is 1.92. The summed E-state index contributed by atoms with van der Waals surface area (Å²) in [5.41, 5.74) is 4.17. The number of ether oxygens (including phenoxy) is 2. The first kappa shape index (κ1) is 16.4. The minimum Gasteiger partial charge on any atom is -0.490 e. The van der Waals surface area contributed by atoms with E-state index in [0.29, 0.717) is 24.5 Å². The summed E-state index contributed by atoms with van der Waals surface area (Å²) in [6, 6.07) is 11.5. The van der Waals surface area contributed by atoms with Gasteiger partial charge in [-0.05, 0) is 77.7 Å². The predicted octanol–water partition coefficient (Wildman–Crippen LogP) is 4.70. The van der Waals surface area contributed by atoms with E-state index in [-0.39, 0.29) is 0 Å². The Bertz CT molecular complexity index is 720. The van der Waals surface area contributed by atoms with Gasteiger partial charge in [-0.25, -0.2) is 0 Å². The van der Waals surface area contributed by atoms with E-state index in [2.05, 4.69) is 48.8 Å². The number of hydrogen-bond donors (Lipinski definition) is 0. The van der Waals surface area contributed by atoms with Gasteiger partial charge in [0.25, 0.3) is 0 Å². The van der Waals surface area contributed by atoms with Gasteiger partial charge in [0.1, 0.15) is 24.7 Å². The molecule has 0 aromatic heterocycles. The highest BCUT2D eigenvalue weighted by Crippen LogP contribution is 2.26. The minimum absolute atomic E-state index is 0.441. The second-order valence-corrected chi connectivity index (χ2v) is 6.01. The number of rotatable bonds is 5. The lowest BCUT2D eigenvalue weighted by atomic mass is 10.1. The van der Waals surface area contributed by atoms with Crippen LogP contribution in [0.1, 0.15) is 22.3 Å². The Labute approximate surface area is 139 Å². The topological polar surface area (TPSA) is 42.2 Å². The van der Waals surface area contributed by atoms with Gasteiger partial charge in [0.15, 0.2) is 0 Å². The van der Waals surface area contributed by atoms with Crippen molar-refractivity contribution < 1.29 is 9.47 Å². The van der Waals surface area contributed by atoms with Crippen LogP contribution in [0, 0.1) is 32.1 Å². The van der Waals surface area contributed by atoms with Crippen LogP contribution in [0.15, 0.2) is 34.8 Å². The fourth-order valence-corrected chi connectivity index (χ4v) is 2.63. The normalized spacial score (nSPS) is 10.1. The fraction of sp³-hybridized carbons (Fsp3) is 0.278. The van der Waals surface area contributed by atoms with E-state index in [1.165, 1.54) is 11.1 Å². The highest BCUT2D eigenvalue weighted by molar-refractivity contribution is 9.10. The molecule has 0 N–H and O–H groups in total. The maximum atomic E-state index is 8.83. The molecule has 0 radical (unpaired) electrons. The minimum atomic E-state index is 0.441. The predicted molar refractivity (Wildman–Crippen MR) is 90.5 cm³/mol. The highest BCUT2D eigenvalue weighted by Gasteiger charge is 2.05. The summed E-state index contributed by atoms with van der Waals surface area (Å²) in [5, 5.41) is 8.83. The first-order valence-corrected chi connectivity index (χ1v) is 7.83. The second kappa shape index (κ2) is 7.33. The molecule has 0 atom stereocenters. The molecule has 0 saturated heterocycles. The Morgan fingerprint density at radius 2 is 1.68 bits per heavy atom. The number of nitriles is 1. The zero-order chi connectivity index (χ0) is 16.1. The van der Waals surface area contributed by atoms with Gasteiger partial charge in [-0.2, -0.15) is 5.26 Å². The molecule has 0 saturated carbocycles. The average molecular weight is 360 g/mol. The number of benzene rings is 2. The van der Waals surface area contributed by atoms with Crippen LogP contribution < -0.4 is 9.47 Å². The molecule has 0 heterocycles. The van der Waals surface area contributed by atoms with E-state index >= 15 is 0 Å². The van der Waals surface area contributed by atoms with Gasteiger partial charge < -0.3 is 9.47 Å². The van der Waals surface area contributed by atoms with Crippen molar-refractivity contribution in [2.24, 2.45) is 0 Å². The van der Waals surface area contributed by atoms with Crippen molar-refractivity contribution in [2.45, 2.75) is 20.8 Å². The summed E-state index contributed by atoms with van der Waals surface area (Å²) < 4.78 is 12.3. The lowest BCUT2D eigenvalue weighted by molar-refractivity contribution is 0.215. The van der Waals surface area contributed by atoms with E-state index in [0.717, 1.165) is 15.8 Å². The van der Waals surface area contributed by atoms with Gasteiger partial charge in [-0.3, -0.25) is 0 Å². The molecule has 0 spiro atoms. The zero-order valence-corrected chi connectivity index (χ0v) is 14.5. The molecule has 0 fully saturated rings. The van der Waals surface area contributed by atoms with Gasteiger partial charge in [0, 0.05) is 0 Å². The molecule has 0 amide bonds. The van der Waals surface area contributed by atoms with E-state index < -0.39 is 0 Å². The Morgan fingerprint density at radius 1 is 1.00 bits per heavy atom. The number of aryl methyl sites for hydroxylation is 2. The van der Waals surface area contributed by atoms with Crippen LogP contribution in [0.4, 0.5) is 0 Å². The first-order chi connectivity index (χ1) is 10.5. The number of nitrogens with zero attached hydrogens (tertiary/aromatic N) is 1. The van der Waals surface area contributed by atoms with Crippen LogP contribution in [0.3, 0.4) is 0 Å². The summed E-state index contributed by atoms with van der Waals surface area (Å²) in [4.78, 5) is 0. The second-order valence-electron chi connectivity index (χ2n) is 5.16. The summed E-state index contributed by atoms with van der Waals surface area (Å²) in [7, 11) is 0. The van der Waals surface area contributed by atoms with Crippen molar-refractivity contribution in [1.82, 2.24) is 0 Å². The summed E-state index contributed by atoms with van der Waals surface area (Å²) >= 11 is 3.40. The summed E-state index contributed by atoms with van der Waals surface area (Å²) in [6.45, 7) is 7.11. The number of hydrogen-bond acceptors (Lipinski definition) is 3. The van der Waals surface area contributed by atoms with Gasteiger partial charge in [0.2, 0.25) is 0 Å². The first-order valence-electron chi connectivity index (χ1n) is 7.04. The fourth-order valence-electron chi connectivity index (χ4n) is 2.14. The van der Waals surface area contributed by atoms with Crippen LogP contribution >= 0.6 is 15.9 Å². The monoisotopic (exact) mass is 359 g/mol. The number of halogens is 1. The van der Waals surface area contributed by atoms with Crippen LogP contribution in [-0.2, 0) is 0 Å². The SMILES string of the molecule is Cc1cc(C)c(C)c(OCCOc2ccc(C#N)cc2Br)c1. The molecule has 2 aromatic carbocycles. The zero-order valence-electron chi connectivity index (χ0n) is 12.9. The Hall–Kier alpha value is -1.99. The maximum Gasteiger partial charge on any atom is 0.133 e. The van der Waals surface area contributed by atoms with Crippen molar-refractivity contribution in [1.29, 1.82) is 5.26 Å². The molecule has 0 aliphatic carbocycles. The molecule has 0 bridgehead atoms. The summed E-state index contributed by atoms with van der Waals surface area (Å²) in [5.74, 6) is 1.61. The average Bonchev–Trinajstić information content (AvgIpc) is 2.49. The third-order valence-corrected chi connectivity index (χ3v) is 4.04. The Morgan fingerprint density at radius 3 is 2.32 bits per heavy atom. The maximum absolute atomic E-state index is 8.83.